The molecule has 0 saturated carbocycles. The Hall–Kier alpha value is -1.88. The molecular weight excluding hydrogens is 246 g/mol. The Balaban J connectivity index is 2.00. The molecule has 0 bridgehead atoms. The monoisotopic (exact) mass is 259 g/mol. The third kappa shape index (κ3) is 1.76. The van der Waals surface area contributed by atoms with Crippen LogP contribution in [-0.4, -0.2) is 22.0 Å². The number of pyridine rings is 1. The highest BCUT2D eigenvalue weighted by Gasteiger charge is 2.39. The Morgan fingerprint density at radius 2 is 2.22 bits per heavy atom. The fourth-order valence-electron chi connectivity index (χ4n) is 2.27. The Bertz CT molecular complexity index is 541. The Morgan fingerprint density at radius 1 is 1.33 bits per heavy atom. The van der Waals surface area contributed by atoms with E-state index in [1.165, 1.54) is 0 Å². The van der Waals surface area contributed by atoms with Crippen LogP contribution in [0.2, 0.25) is 0 Å². The number of aromatic nitrogens is 1. The molecule has 0 aliphatic carbocycles. The molecule has 1 aliphatic rings. The lowest BCUT2D eigenvalue weighted by Gasteiger charge is -2.21. The maximum absolute atomic E-state index is 5.52. The highest BCUT2D eigenvalue weighted by Crippen LogP contribution is 2.37. The second-order valence-electron chi connectivity index (χ2n) is 4.25. The van der Waals surface area contributed by atoms with Crippen molar-refractivity contribution in [2.75, 3.05) is 7.05 Å². The van der Waals surface area contributed by atoms with Gasteiger partial charge in [0.05, 0.1) is 18.0 Å². The summed E-state index contributed by atoms with van der Waals surface area (Å²) >= 11 is 5.32. The molecule has 5 heteroatoms. The van der Waals surface area contributed by atoms with Crippen LogP contribution in [0.4, 0.5) is 0 Å². The van der Waals surface area contributed by atoms with E-state index in [0.29, 0.717) is 5.11 Å². The Labute approximate surface area is 111 Å². The van der Waals surface area contributed by atoms with E-state index in [9.17, 15) is 0 Å². The number of rotatable bonds is 2. The zero-order valence-corrected chi connectivity index (χ0v) is 10.7. The van der Waals surface area contributed by atoms with E-state index >= 15 is 0 Å². The van der Waals surface area contributed by atoms with E-state index in [2.05, 4.69) is 10.3 Å². The Kier molecular flexibility index (Phi) is 2.76. The van der Waals surface area contributed by atoms with Gasteiger partial charge in [0.25, 0.3) is 0 Å². The molecule has 18 heavy (non-hydrogen) atoms. The average Bonchev–Trinajstić information content (AvgIpc) is 3.00. The summed E-state index contributed by atoms with van der Waals surface area (Å²) in [5.41, 5.74) is 0.964. The third-order valence-electron chi connectivity index (χ3n) is 3.17. The van der Waals surface area contributed by atoms with Crippen molar-refractivity contribution < 1.29 is 4.42 Å². The van der Waals surface area contributed by atoms with E-state index in [1.54, 1.807) is 12.5 Å². The summed E-state index contributed by atoms with van der Waals surface area (Å²) in [5, 5.41) is 4.01. The van der Waals surface area contributed by atoms with Crippen molar-refractivity contribution in [3.63, 3.8) is 0 Å². The van der Waals surface area contributed by atoms with Crippen LogP contribution in [0.5, 0.6) is 0 Å². The smallest absolute Gasteiger partial charge is 0.170 e. The van der Waals surface area contributed by atoms with Crippen molar-refractivity contribution in [2.45, 2.75) is 12.1 Å². The first-order chi connectivity index (χ1) is 8.77. The summed E-state index contributed by atoms with van der Waals surface area (Å²) in [5.74, 6) is 0.889. The molecule has 3 heterocycles. The second kappa shape index (κ2) is 4.42. The fraction of sp³-hybridized carbons (Fsp3) is 0.231. The number of hydrogen-bond acceptors (Lipinski definition) is 3. The van der Waals surface area contributed by atoms with Crippen LogP contribution in [0, 0.1) is 0 Å². The molecule has 92 valence electrons. The first-order valence-corrected chi connectivity index (χ1v) is 6.16. The summed E-state index contributed by atoms with van der Waals surface area (Å²) in [6, 6.07) is 9.80. The van der Waals surface area contributed by atoms with Crippen molar-refractivity contribution in [1.82, 2.24) is 15.2 Å². The summed E-state index contributed by atoms with van der Waals surface area (Å²) in [6.45, 7) is 0. The first kappa shape index (κ1) is 11.2. The van der Waals surface area contributed by atoms with Gasteiger partial charge in [-0.2, -0.15) is 0 Å². The van der Waals surface area contributed by atoms with Crippen LogP contribution in [0.3, 0.4) is 0 Å². The number of furan rings is 1. The third-order valence-corrected chi connectivity index (χ3v) is 3.58. The van der Waals surface area contributed by atoms with Crippen molar-refractivity contribution >= 4 is 17.3 Å². The summed E-state index contributed by atoms with van der Waals surface area (Å²) in [6.07, 6.45) is 3.47. The van der Waals surface area contributed by atoms with Gasteiger partial charge in [-0.1, -0.05) is 6.07 Å². The molecule has 3 rings (SSSR count). The lowest BCUT2D eigenvalue weighted by atomic mass is 10.0. The number of nitrogens with one attached hydrogen (secondary N) is 1. The highest BCUT2D eigenvalue weighted by molar-refractivity contribution is 7.80. The molecule has 2 aromatic heterocycles. The zero-order valence-electron chi connectivity index (χ0n) is 9.91. The van der Waals surface area contributed by atoms with Crippen molar-refractivity contribution in [2.24, 2.45) is 0 Å². The fourth-order valence-corrected chi connectivity index (χ4v) is 2.51. The maximum Gasteiger partial charge on any atom is 0.170 e. The minimum Gasteiger partial charge on any atom is -0.467 e. The molecule has 0 aromatic carbocycles. The van der Waals surface area contributed by atoms with Gasteiger partial charge in [0.2, 0.25) is 0 Å². The van der Waals surface area contributed by atoms with E-state index in [-0.39, 0.29) is 12.1 Å². The van der Waals surface area contributed by atoms with Gasteiger partial charge in [0.15, 0.2) is 5.11 Å². The number of likely N-dealkylation sites (N-methyl/N-ethyl adjacent to an activating group) is 1. The predicted molar refractivity (Wildman–Crippen MR) is 71.9 cm³/mol. The molecule has 1 N–H and O–H groups in total. The van der Waals surface area contributed by atoms with Gasteiger partial charge in [-0.3, -0.25) is 4.98 Å². The van der Waals surface area contributed by atoms with Crippen LogP contribution >= 0.6 is 12.2 Å². The lowest BCUT2D eigenvalue weighted by Crippen LogP contribution is -2.24. The van der Waals surface area contributed by atoms with Gasteiger partial charge in [-0.25, -0.2) is 0 Å². The zero-order chi connectivity index (χ0) is 12.5. The normalized spacial score (nSPS) is 23.2. The molecule has 0 amide bonds. The first-order valence-electron chi connectivity index (χ1n) is 5.75. The molecular formula is C13H13N3OS. The van der Waals surface area contributed by atoms with Crippen LogP contribution < -0.4 is 5.32 Å². The van der Waals surface area contributed by atoms with Gasteiger partial charge >= 0.3 is 0 Å². The van der Waals surface area contributed by atoms with E-state index < -0.39 is 0 Å². The van der Waals surface area contributed by atoms with Crippen molar-refractivity contribution in [3.05, 3.63) is 54.2 Å². The van der Waals surface area contributed by atoms with Crippen LogP contribution in [0.15, 0.2) is 47.2 Å². The number of hydrogen-bond donors (Lipinski definition) is 1. The van der Waals surface area contributed by atoms with E-state index in [1.807, 2.05) is 42.3 Å². The summed E-state index contributed by atoms with van der Waals surface area (Å²) < 4.78 is 5.52. The van der Waals surface area contributed by atoms with Gasteiger partial charge in [0.1, 0.15) is 11.8 Å². The largest absolute Gasteiger partial charge is 0.467 e. The molecule has 1 aliphatic heterocycles. The lowest BCUT2D eigenvalue weighted by molar-refractivity contribution is 0.308. The molecule has 2 aromatic rings. The minimum atomic E-state index is 0.0230. The summed E-state index contributed by atoms with van der Waals surface area (Å²) in [4.78, 5) is 6.41. The van der Waals surface area contributed by atoms with Crippen molar-refractivity contribution in [3.8, 4) is 0 Å². The SMILES string of the molecule is CN1C(=S)N[C@@H](c2ccccn2)[C@@H]1c1ccco1. The molecule has 0 spiro atoms. The highest BCUT2D eigenvalue weighted by atomic mass is 32.1. The Morgan fingerprint density at radius 3 is 2.89 bits per heavy atom. The number of nitrogens with zero attached hydrogens (tertiary/aromatic N) is 2. The molecule has 1 saturated heterocycles. The maximum atomic E-state index is 5.52. The standard InChI is InChI=1S/C13H13N3OS/c1-16-12(10-6-4-8-17-10)11(15-13(16)18)9-5-2-3-7-14-9/h2-8,11-12H,1H3,(H,15,18)/t11-,12-/m0/s1. The van der Waals surface area contributed by atoms with E-state index in [0.717, 1.165) is 11.5 Å². The topological polar surface area (TPSA) is 41.3 Å². The minimum absolute atomic E-state index is 0.0230. The predicted octanol–water partition coefficient (Wildman–Crippen LogP) is 2.28. The van der Waals surface area contributed by atoms with Crippen LogP contribution in [-0.2, 0) is 0 Å². The van der Waals surface area contributed by atoms with Gasteiger partial charge < -0.3 is 14.6 Å². The molecule has 2 atom stereocenters. The summed E-state index contributed by atoms with van der Waals surface area (Å²) in [7, 11) is 1.96. The number of thiocarbonyl (C=S) groups is 1. The van der Waals surface area contributed by atoms with Crippen molar-refractivity contribution in [1.29, 1.82) is 0 Å². The quantitative estimate of drug-likeness (QED) is 0.838. The van der Waals surface area contributed by atoms with Gasteiger partial charge in [-0.15, -0.1) is 0 Å². The molecule has 0 unspecified atom stereocenters. The van der Waals surface area contributed by atoms with Gasteiger partial charge in [0, 0.05) is 13.2 Å². The van der Waals surface area contributed by atoms with Gasteiger partial charge in [-0.05, 0) is 36.5 Å². The molecule has 1 fully saturated rings. The molecule has 4 nitrogen and oxygen atoms in total. The molecule has 0 radical (unpaired) electrons. The average molecular weight is 259 g/mol. The van der Waals surface area contributed by atoms with E-state index in [4.69, 9.17) is 16.6 Å². The second-order valence-corrected chi connectivity index (χ2v) is 4.64. The van der Waals surface area contributed by atoms with Crippen LogP contribution in [0.1, 0.15) is 23.5 Å². The van der Waals surface area contributed by atoms with Crippen LogP contribution in [0.25, 0.3) is 0 Å².